The van der Waals surface area contributed by atoms with Crippen LogP contribution in [-0.2, 0) is 17.6 Å². The number of H-pyrrole nitrogens is 1. The second kappa shape index (κ2) is 6.17. The minimum absolute atomic E-state index is 0.0804. The molecule has 0 bridgehead atoms. The van der Waals surface area contributed by atoms with E-state index in [0.717, 1.165) is 0 Å². The van der Waals surface area contributed by atoms with Crippen LogP contribution in [0, 0.1) is 0 Å². The lowest BCUT2D eigenvalue weighted by atomic mass is 10.0. The minimum atomic E-state index is -5.57. The van der Waals surface area contributed by atoms with Crippen LogP contribution in [0.2, 0.25) is 0 Å². The molecule has 0 unspecified atom stereocenters. The molecule has 0 saturated carbocycles. The van der Waals surface area contributed by atoms with Crippen LogP contribution in [0.25, 0.3) is 10.9 Å². The maximum Gasteiger partial charge on any atom is 0.453 e. The lowest BCUT2D eigenvalue weighted by Gasteiger charge is -2.19. The zero-order valence-corrected chi connectivity index (χ0v) is 11.9. The van der Waals surface area contributed by atoms with E-state index in [2.05, 4.69) is 4.98 Å². The van der Waals surface area contributed by atoms with Gasteiger partial charge in [0.25, 0.3) is 0 Å². The summed E-state index contributed by atoms with van der Waals surface area (Å²) in [5.74, 6) is -5.84. The highest BCUT2D eigenvalue weighted by atomic mass is 19.4. The number of fused-ring (bicyclic) bond motifs is 1. The molecule has 0 fully saturated rings. The van der Waals surface area contributed by atoms with E-state index in [1.165, 1.54) is 0 Å². The summed E-state index contributed by atoms with van der Waals surface area (Å²) in [5, 5.41) is 9.58. The lowest BCUT2D eigenvalue weighted by molar-refractivity contribution is -0.284. The number of halogens is 5. The van der Waals surface area contributed by atoms with Crippen LogP contribution in [0.4, 0.5) is 22.0 Å². The van der Waals surface area contributed by atoms with Gasteiger partial charge in [0, 0.05) is 23.0 Å². The number of aliphatic carboxylic acids is 1. The number of para-hydroxylation sites is 1. The van der Waals surface area contributed by atoms with Crippen molar-refractivity contribution < 1.29 is 31.9 Å². The Balaban J connectivity index is 2.18. The fraction of sp³-hybridized carbons (Fsp3) is 0.400. The molecule has 2 aromatic rings. The Hall–Kier alpha value is -2.12. The van der Waals surface area contributed by atoms with E-state index in [1.54, 1.807) is 24.3 Å². The standard InChI is InChI=1S/C15H14F5NO2/c16-14(17,15(18,19)20)7-3-6-12-10(8-13(22)23)9-4-1-2-5-11(9)21-12/h1-2,4-5,21H,3,6-8H2,(H,22,23). The summed E-state index contributed by atoms with van der Waals surface area (Å²) in [6.07, 6.45) is -7.72. The molecule has 8 heteroatoms. The Kier molecular flexibility index (Phi) is 4.63. The first kappa shape index (κ1) is 17.2. The van der Waals surface area contributed by atoms with E-state index in [4.69, 9.17) is 5.11 Å². The molecule has 0 radical (unpaired) electrons. The van der Waals surface area contributed by atoms with Crippen LogP contribution < -0.4 is 0 Å². The monoisotopic (exact) mass is 335 g/mol. The quantitative estimate of drug-likeness (QED) is 0.773. The van der Waals surface area contributed by atoms with Gasteiger partial charge >= 0.3 is 18.1 Å². The van der Waals surface area contributed by atoms with Crippen molar-refractivity contribution in [2.75, 3.05) is 0 Å². The molecule has 1 aromatic heterocycles. The lowest BCUT2D eigenvalue weighted by Crippen LogP contribution is -2.36. The van der Waals surface area contributed by atoms with Crippen LogP contribution in [0.3, 0.4) is 0 Å². The van der Waals surface area contributed by atoms with Crippen molar-refractivity contribution in [1.82, 2.24) is 4.98 Å². The molecule has 1 aromatic carbocycles. The number of aromatic amines is 1. The maximum atomic E-state index is 12.9. The van der Waals surface area contributed by atoms with Crippen molar-refractivity contribution in [1.29, 1.82) is 0 Å². The molecule has 2 N–H and O–H groups in total. The Bertz CT molecular complexity index is 705. The molecular formula is C15H14F5NO2. The van der Waals surface area contributed by atoms with Gasteiger partial charge in [0.15, 0.2) is 0 Å². The Morgan fingerprint density at radius 1 is 1.13 bits per heavy atom. The van der Waals surface area contributed by atoms with Gasteiger partial charge in [-0.15, -0.1) is 0 Å². The normalized spacial score (nSPS) is 12.7. The smallest absolute Gasteiger partial charge is 0.453 e. The number of aryl methyl sites for hydroxylation is 1. The third-order valence-electron chi connectivity index (χ3n) is 3.56. The Morgan fingerprint density at radius 2 is 1.78 bits per heavy atom. The molecule has 0 aliphatic heterocycles. The van der Waals surface area contributed by atoms with Gasteiger partial charge in [0.1, 0.15) is 0 Å². The van der Waals surface area contributed by atoms with Crippen LogP contribution in [0.1, 0.15) is 24.1 Å². The van der Waals surface area contributed by atoms with Crippen LogP contribution in [0.15, 0.2) is 24.3 Å². The number of aromatic nitrogens is 1. The zero-order valence-electron chi connectivity index (χ0n) is 11.9. The van der Waals surface area contributed by atoms with Gasteiger partial charge in [0.05, 0.1) is 6.42 Å². The van der Waals surface area contributed by atoms with Gasteiger partial charge in [-0.05, 0) is 24.5 Å². The molecule has 0 aliphatic rings. The topological polar surface area (TPSA) is 53.1 Å². The zero-order chi connectivity index (χ0) is 17.3. The predicted molar refractivity (Wildman–Crippen MR) is 73.6 cm³/mol. The van der Waals surface area contributed by atoms with Gasteiger partial charge < -0.3 is 10.1 Å². The average Bonchev–Trinajstić information content (AvgIpc) is 2.75. The highest BCUT2D eigenvalue weighted by molar-refractivity contribution is 5.88. The fourth-order valence-corrected chi connectivity index (χ4v) is 2.45. The number of carbonyl (C=O) groups is 1. The molecule has 1 heterocycles. The molecule has 2 rings (SSSR count). The molecule has 23 heavy (non-hydrogen) atoms. The largest absolute Gasteiger partial charge is 0.481 e. The number of hydrogen-bond acceptors (Lipinski definition) is 1. The third kappa shape index (κ3) is 3.80. The van der Waals surface area contributed by atoms with E-state index in [1.807, 2.05) is 0 Å². The van der Waals surface area contributed by atoms with E-state index < -0.39 is 30.9 Å². The first-order valence-corrected chi connectivity index (χ1v) is 6.86. The van der Waals surface area contributed by atoms with Crippen molar-refractivity contribution in [3.05, 3.63) is 35.5 Å². The molecule has 0 saturated heterocycles. The van der Waals surface area contributed by atoms with Gasteiger partial charge in [-0.25, -0.2) is 0 Å². The van der Waals surface area contributed by atoms with E-state index in [-0.39, 0.29) is 12.8 Å². The summed E-state index contributed by atoms with van der Waals surface area (Å²) in [6.45, 7) is 0. The first-order chi connectivity index (χ1) is 10.6. The summed E-state index contributed by atoms with van der Waals surface area (Å²) >= 11 is 0. The van der Waals surface area contributed by atoms with Gasteiger partial charge in [-0.2, -0.15) is 22.0 Å². The summed E-state index contributed by atoms with van der Waals surface area (Å²) in [5.41, 5.74) is 1.43. The number of benzene rings is 1. The highest BCUT2D eigenvalue weighted by Gasteiger charge is 2.56. The first-order valence-electron chi connectivity index (χ1n) is 6.86. The fourth-order valence-electron chi connectivity index (χ4n) is 2.45. The van der Waals surface area contributed by atoms with Crippen LogP contribution >= 0.6 is 0 Å². The summed E-state index contributed by atoms with van der Waals surface area (Å²) in [7, 11) is 0. The molecule has 126 valence electrons. The number of carboxylic acids is 1. The van der Waals surface area contributed by atoms with Crippen molar-refractivity contribution in [2.45, 2.75) is 37.8 Å². The number of nitrogens with one attached hydrogen (secondary N) is 1. The van der Waals surface area contributed by atoms with Gasteiger partial charge in [-0.1, -0.05) is 18.2 Å². The molecule has 0 amide bonds. The number of alkyl halides is 5. The second-order valence-corrected chi connectivity index (χ2v) is 5.25. The molecular weight excluding hydrogens is 321 g/mol. The molecule has 3 nitrogen and oxygen atoms in total. The van der Waals surface area contributed by atoms with Crippen LogP contribution in [-0.4, -0.2) is 28.2 Å². The van der Waals surface area contributed by atoms with Gasteiger partial charge in [0.2, 0.25) is 0 Å². The van der Waals surface area contributed by atoms with E-state index in [0.29, 0.717) is 22.2 Å². The SMILES string of the molecule is O=C(O)Cc1c(CCCC(F)(F)C(F)(F)F)[nH]c2ccccc12. The summed E-state index contributed by atoms with van der Waals surface area (Å²) in [6, 6.07) is 6.78. The average molecular weight is 335 g/mol. The molecule has 0 atom stereocenters. The number of hydrogen-bond donors (Lipinski definition) is 2. The van der Waals surface area contributed by atoms with Crippen molar-refractivity contribution >= 4 is 16.9 Å². The Labute approximate surface area is 128 Å². The summed E-state index contributed by atoms with van der Waals surface area (Å²) in [4.78, 5) is 13.8. The highest BCUT2D eigenvalue weighted by Crippen LogP contribution is 2.39. The molecule has 0 spiro atoms. The van der Waals surface area contributed by atoms with E-state index >= 15 is 0 Å². The number of rotatable bonds is 6. The molecule has 0 aliphatic carbocycles. The van der Waals surface area contributed by atoms with E-state index in [9.17, 15) is 26.7 Å². The third-order valence-corrected chi connectivity index (χ3v) is 3.56. The number of carboxylic acid groups (broad SMARTS) is 1. The van der Waals surface area contributed by atoms with Crippen LogP contribution in [0.5, 0.6) is 0 Å². The second-order valence-electron chi connectivity index (χ2n) is 5.25. The maximum absolute atomic E-state index is 12.9. The minimum Gasteiger partial charge on any atom is -0.481 e. The van der Waals surface area contributed by atoms with Gasteiger partial charge in [-0.3, -0.25) is 4.79 Å². The van der Waals surface area contributed by atoms with Crippen molar-refractivity contribution in [2.24, 2.45) is 0 Å². The van der Waals surface area contributed by atoms with Crippen molar-refractivity contribution in [3.8, 4) is 0 Å². The van der Waals surface area contributed by atoms with Crippen molar-refractivity contribution in [3.63, 3.8) is 0 Å². The predicted octanol–water partition coefficient (Wildman–Crippen LogP) is 4.32. The summed E-state index contributed by atoms with van der Waals surface area (Å²) < 4.78 is 62.3. The Morgan fingerprint density at radius 3 is 2.39 bits per heavy atom.